The third kappa shape index (κ3) is 35.5. The summed E-state index contributed by atoms with van der Waals surface area (Å²) in [7, 11) is 0. The van der Waals surface area contributed by atoms with Gasteiger partial charge in [0.2, 0.25) is 23.6 Å². The molecule has 7 atom stereocenters. The van der Waals surface area contributed by atoms with Gasteiger partial charge in [-0.3, -0.25) is 43.3 Å². The Kier molecular flexibility index (Phi) is 41.2. The first-order valence-corrected chi connectivity index (χ1v) is 32.6. The smallest absolute Gasteiger partial charge is 0.408 e. The highest BCUT2D eigenvalue weighted by Gasteiger charge is 2.43. The average molecular weight is 1260 g/mol. The molecule has 498 valence electrons. The highest BCUT2D eigenvalue weighted by Crippen LogP contribution is 2.47. The lowest BCUT2D eigenvalue weighted by atomic mass is 9.88. The van der Waals surface area contributed by atoms with E-state index in [9.17, 15) is 48.3 Å². The van der Waals surface area contributed by atoms with Crippen molar-refractivity contribution in [3.05, 3.63) is 35.9 Å². The number of aliphatic imine (C=N–C) groups is 1. The molecule has 5 amide bonds. The zero-order valence-electron chi connectivity index (χ0n) is 52.1. The normalized spacial score (nSPS) is 16.6. The maximum Gasteiger partial charge on any atom is 0.408 e. The summed E-state index contributed by atoms with van der Waals surface area (Å²) in [6, 6.07) is 6.74. The number of Topliss-reactive ketones (excluding diaryl/α,β-unsaturated/α-hetero) is 4. The summed E-state index contributed by atoms with van der Waals surface area (Å²) < 4.78 is 33.0. The first-order valence-electron chi connectivity index (χ1n) is 31.5. The number of guanidine groups is 1. The van der Waals surface area contributed by atoms with Gasteiger partial charge < -0.3 is 77.3 Å². The summed E-state index contributed by atoms with van der Waals surface area (Å²) in [5.41, 5.74) is 17.3. The number of aliphatic hydroxyl groups is 1. The molecule has 88 heavy (non-hydrogen) atoms. The summed E-state index contributed by atoms with van der Waals surface area (Å²) in [4.78, 5) is 120. The SMILES string of the molecule is CC(C)C[C@H](CC(=O)[C@H](CCCCN)NC(=O)[C@H](CO)CC(=O)[C@H](CCCN=C(N)N)NC(=O)OCc1ccccc1)C(=O)NCC(=O)CCCOCCOCC(=O)NCCCOCCOCCOCCCNC(=O)CCCCC1SC[C@@H]2CC(=O)C[C@H]12. The number of hydrogen-bond donors (Lipinski definition) is 9. The monoisotopic (exact) mass is 1260 g/mol. The number of thioether (sulfide) groups is 1. The quantitative estimate of drug-likeness (QED) is 0.0257. The molecule has 0 aromatic heterocycles. The third-order valence-corrected chi connectivity index (χ3v) is 16.6. The number of ether oxygens (including phenoxy) is 6. The summed E-state index contributed by atoms with van der Waals surface area (Å²) in [5, 5.41) is 24.6. The number of unbranched alkanes of at least 4 members (excludes halogenated alkanes) is 2. The van der Waals surface area contributed by atoms with E-state index in [0.717, 1.165) is 49.8 Å². The Morgan fingerprint density at radius 2 is 1.28 bits per heavy atom. The predicted octanol–water partition coefficient (Wildman–Crippen LogP) is 2.97. The van der Waals surface area contributed by atoms with Gasteiger partial charge in [0, 0.05) is 89.1 Å². The maximum absolute atomic E-state index is 13.9. The molecule has 26 heteroatoms. The molecular weight excluding hydrogens is 1160 g/mol. The van der Waals surface area contributed by atoms with Gasteiger partial charge in [-0.25, -0.2) is 4.79 Å². The van der Waals surface area contributed by atoms with Crippen molar-refractivity contribution < 1.29 is 76.7 Å². The number of hydrogen-bond acceptors (Lipinski definition) is 19. The van der Waals surface area contributed by atoms with Crippen molar-refractivity contribution in [1.82, 2.24) is 26.6 Å². The molecule has 0 spiro atoms. The first kappa shape index (κ1) is 76.6. The van der Waals surface area contributed by atoms with Gasteiger partial charge in [0.15, 0.2) is 23.3 Å². The van der Waals surface area contributed by atoms with Crippen molar-refractivity contribution >= 4 is 70.6 Å². The fourth-order valence-corrected chi connectivity index (χ4v) is 12.0. The van der Waals surface area contributed by atoms with Crippen molar-refractivity contribution in [2.75, 3.05) is 111 Å². The lowest BCUT2D eigenvalue weighted by molar-refractivity contribution is -0.135. The molecule has 1 saturated carbocycles. The Balaban J connectivity index is 1.22. The third-order valence-electron chi connectivity index (χ3n) is 14.9. The van der Waals surface area contributed by atoms with E-state index in [2.05, 4.69) is 31.6 Å². The molecule has 12 N–H and O–H groups in total. The Labute approximate surface area is 524 Å². The molecule has 1 heterocycles. The number of carbonyl (C=O) groups is 9. The van der Waals surface area contributed by atoms with E-state index < -0.39 is 66.4 Å². The van der Waals surface area contributed by atoms with Gasteiger partial charge in [0.25, 0.3) is 0 Å². The topological polar surface area (TPSA) is 380 Å². The number of aliphatic hydroxyl groups excluding tert-OH is 1. The second-order valence-corrected chi connectivity index (χ2v) is 24.1. The van der Waals surface area contributed by atoms with Gasteiger partial charge in [0.1, 0.15) is 19.0 Å². The number of fused-ring (bicyclic) bond motifs is 1. The van der Waals surface area contributed by atoms with Gasteiger partial charge in [-0.05, 0) is 106 Å². The van der Waals surface area contributed by atoms with Crippen LogP contribution in [0.3, 0.4) is 0 Å². The molecule has 2 fully saturated rings. The van der Waals surface area contributed by atoms with Crippen LogP contribution >= 0.6 is 11.8 Å². The van der Waals surface area contributed by atoms with Crippen molar-refractivity contribution in [3.63, 3.8) is 0 Å². The van der Waals surface area contributed by atoms with Crippen LogP contribution in [0.2, 0.25) is 0 Å². The van der Waals surface area contributed by atoms with Crippen LogP contribution in [0.5, 0.6) is 0 Å². The van der Waals surface area contributed by atoms with Crippen LogP contribution in [0.15, 0.2) is 35.3 Å². The molecule has 1 saturated heterocycles. The number of nitrogens with two attached hydrogens (primary N) is 3. The second-order valence-electron chi connectivity index (χ2n) is 22.9. The summed E-state index contributed by atoms with van der Waals surface area (Å²) in [6.45, 7) is 7.42. The van der Waals surface area contributed by atoms with Crippen molar-refractivity contribution in [2.45, 2.75) is 153 Å². The van der Waals surface area contributed by atoms with Crippen LogP contribution in [-0.4, -0.2) is 192 Å². The van der Waals surface area contributed by atoms with Crippen LogP contribution in [0.1, 0.15) is 135 Å². The Morgan fingerprint density at radius 1 is 0.670 bits per heavy atom. The van der Waals surface area contributed by atoms with E-state index in [1.54, 1.807) is 24.3 Å². The molecule has 2 aliphatic rings. The van der Waals surface area contributed by atoms with E-state index >= 15 is 0 Å². The number of ketones is 4. The number of alkyl carbamates (subject to hydrolysis) is 1. The molecule has 1 unspecified atom stereocenters. The number of benzene rings is 1. The number of nitrogens with zero attached hydrogens (tertiary/aromatic N) is 1. The lowest BCUT2D eigenvalue weighted by Crippen LogP contribution is -2.48. The van der Waals surface area contributed by atoms with Gasteiger partial charge in [0.05, 0.1) is 70.8 Å². The zero-order valence-corrected chi connectivity index (χ0v) is 52.9. The molecule has 1 aliphatic heterocycles. The van der Waals surface area contributed by atoms with Gasteiger partial charge in [-0.15, -0.1) is 0 Å². The van der Waals surface area contributed by atoms with E-state index in [1.165, 1.54) is 0 Å². The van der Waals surface area contributed by atoms with Crippen LogP contribution in [0.25, 0.3) is 0 Å². The van der Waals surface area contributed by atoms with Crippen LogP contribution < -0.4 is 43.8 Å². The van der Waals surface area contributed by atoms with E-state index in [0.29, 0.717) is 121 Å². The Bertz CT molecular complexity index is 2250. The minimum atomic E-state index is -1.28. The largest absolute Gasteiger partial charge is 0.445 e. The minimum Gasteiger partial charge on any atom is -0.445 e. The van der Waals surface area contributed by atoms with Crippen LogP contribution in [0, 0.1) is 29.6 Å². The fraction of sp³-hybridized carbons (Fsp3) is 0.742. The number of amides is 5. The highest BCUT2D eigenvalue weighted by molar-refractivity contribution is 8.00. The first-order chi connectivity index (χ1) is 42.5. The second kappa shape index (κ2) is 47.4. The fourth-order valence-electron chi connectivity index (χ4n) is 10.2. The molecule has 0 radical (unpaired) electrons. The number of rotatable bonds is 53. The summed E-state index contributed by atoms with van der Waals surface area (Å²) >= 11 is 2.01. The van der Waals surface area contributed by atoms with E-state index in [4.69, 9.17) is 45.6 Å². The average Bonchev–Trinajstić information content (AvgIpc) is 2.08. The zero-order chi connectivity index (χ0) is 64.2. The molecule has 3 rings (SSSR count). The minimum absolute atomic E-state index is 0.00260. The number of carbonyl (C=O) groups excluding carboxylic acids is 9. The van der Waals surface area contributed by atoms with Crippen molar-refractivity contribution in [1.29, 1.82) is 0 Å². The lowest BCUT2D eigenvalue weighted by Gasteiger charge is -2.25. The molecule has 1 aromatic rings. The van der Waals surface area contributed by atoms with Crippen molar-refractivity contribution in [2.24, 2.45) is 51.8 Å². The molecule has 1 aromatic carbocycles. The van der Waals surface area contributed by atoms with Gasteiger partial charge in [-0.2, -0.15) is 11.8 Å². The van der Waals surface area contributed by atoms with Gasteiger partial charge >= 0.3 is 6.09 Å². The summed E-state index contributed by atoms with van der Waals surface area (Å²) in [5.74, 6) is -2.28. The predicted molar refractivity (Wildman–Crippen MR) is 334 cm³/mol. The van der Waals surface area contributed by atoms with Crippen LogP contribution in [-0.2, 0) is 73.4 Å². The Hall–Kier alpha value is -5.61. The van der Waals surface area contributed by atoms with Gasteiger partial charge in [-0.1, -0.05) is 50.6 Å². The standard InChI is InChI=1S/C62H103N9O16S/c1-44(2)34-46(36-54(75)52(17-8-9-21-63)70-60(80)47(40-72)37-55(76)53(18-10-22-68-61(64)65)71-62(81)87-41-45-14-4-3-5-15-45)59(79)69-39-49(73)16-11-25-82-32-33-86-42-58(78)67-24-13-27-84-29-31-85-30-28-83-26-12-23-66-57(77)20-7-6-19-56-51-38-50(74)35-48(51)43-88-56/h3-5,14-15,44,46-48,51-53,56,72H,6-13,16-43,63H2,1-2H3,(H,66,77)(H,67,78)(H,69,79)(H,70,80)(H,71,81)(H4,64,65,68)/t46-,47+,48+,51+,52+,53+,56?/m1/s1. The molecular formula is C62H103N9O16S. The molecule has 1 aliphatic carbocycles. The van der Waals surface area contributed by atoms with Crippen molar-refractivity contribution in [3.8, 4) is 0 Å². The Morgan fingerprint density at radius 3 is 1.93 bits per heavy atom. The molecule has 25 nitrogen and oxygen atoms in total. The maximum atomic E-state index is 13.9. The van der Waals surface area contributed by atoms with E-state index in [1.807, 2.05) is 31.7 Å². The van der Waals surface area contributed by atoms with E-state index in [-0.39, 0.29) is 108 Å². The summed E-state index contributed by atoms with van der Waals surface area (Å²) in [6.07, 6.45) is 7.17. The number of nitrogens with one attached hydrogen (secondary N) is 5. The molecule has 0 bridgehead atoms. The van der Waals surface area contributed by atoms with Crippen LogP contribution in [0.4, 0.5) is 4.79 Å². The highest BCUT2D eigenvalue weighted by atomic mass is 32.2.